The van der Waals surface area contributed by atoms with Crippen molar-refractivity contribution in [3.05, 3.63) is 72.6 Å². The van der Waals surface area contributed by atoms with Crippen LogP contribution >= 0.6 is 11.8 Å². The van der Waals surface area contributed by atoms with E-state index in [9.17, 15) is 13.2 Å². The summed E-state index contributed by atoms with van der Waals surface area (Å²) in [5.74, 6) is 0.157. The predicted molar refractivity (Wildman–Crippen MR) is 119 cm³/mol. The van der Waals surface area contributed by atoms with E-state index < -0.39 is 10.0 Å². The number of rotatable bonds is 7. The number of para-hydroxylation sites is 1. The summed E-state index contributed by atoms with van der Waals surface area (Å²) < 4.78 is 28.5. The zero-order valence-electron chi connectivity index (χ0n) is 16.9. The topological polar surface area (TPSA) is 88.4 Å². The summed E-state index contributed by atoms with van der Waals surface area (Å²) in [6, 6.07) is 18.8. The molecular formula is C21H23N5O3S2. The first-order chi connectivity index (χ1) is 15.0. The molecule has 4 rings (SSSR count). The number of benzene rings is 2. The Hall–Kier alpha value is -2.69. The molecule has 0 radical (unpaired) electrons. The molecule has 1 fully saturated rings. The number of carbonyl (C=O) groups is 1. The first-order valence-corrected chi connectivity index (χ1v) is 12.5. The standard InChI is InChI=1S/C21H23N5O3S2/c27-20(15-30-21-22-17-26(23-21)19-9-5-2-6-10-19)24-11-13-25(14-12-24)31(28,29)16-18-7-3-1-4-8-18/h1-10,17H,11-16H2. The Bertz CT molecular complexity index is 1110. The fraction of sp³-hybridized carbons (Fsp3) is 0.286. The number of nitrogens with zero attached hydrogens (tertiary/aromatic N) is 5. The minimum Gasteiger partial charge on any atom is -0.339 e. The van der Waals surface area contributed by atoms with Gasteiger partial charge in [-0.1, -0.05) is 60.3 Å². The van der Waals surface area contributed by atoms with Crippen molar-refractivity contribution in [2.45, 2.75) is 10.9 Å². The summed E-state index contributed by atoms with van der Waals surface area (Å²) in [6.07, 6.45) is 1.62. The second kappa shape index (κ2) is 9.63. The molecule has 1 aliphatic heterocycles. The number of amides is 1. The van der Waals surface area contributed by atoms with E-state index in [1.807, 2.05) is 60.7 Å². The molecule has 162 valence electrons. The highest BCUT2D eigenvalue weighted by Crippen LogP contribution is 2.17. The lowest BCUT2D eigenvalue weighted by atomic mass is 10.2. The molecule has 0 N–H and O–H groups in total. The van der Waals surface area contributed by atoms with Crippen molar-refractivity contribution < 1.29 is 13.2 Å². The number of hydrogen-bond donors (Lipinski definition) is 0. The quantitative estimate of drug-likeness (QED) is 0.505. The lowest BCUT2D eigenvalue weighted by molar-refractivity contribution is -0.129. The summed E-state index contributed by atoms with van der Waals surface area (Å²) in [5.41, 5.74) is 1.67. The van der Waals surface area contributed by atoms with Crippen LogP contribution in [0.1, 0.15) is 5.56 Å². The second-order valence-electron chi connectivity index (χ2n) is 7.12. The molecule has 1 aromatic heterocycles. The lowest BCUT2D eigenvalue weighted by Gasteiger charge is -2.34. The lowest BCUT2D eigenvalue weighted by Crippen LogP contribution is -2.51. The molecule has 0 unspecified atom stereocenters. The van der Waals surface area contributed by atoms with Gasteiger partial charge in [-0.05, 0) is 17.7 Å². The monoisotopic (exact) mass is 457 g/mol. The number of piperazine rings is 1. The van der Waals surface area contributed by atoms with Crippen LogP contribution in [0.4, 0.5) is 0 Å². The molecule has 3 aromatic rings. The van der Waals surface area contributed by atoms with Gasteiger partial charge in [0.05, 0.1) is 17.2 Å². The van der Waals surface area contributed by atoms with Crippen LogP contribution in [0.3, 0.4) is 0 Å². The SMILES string of the molecule is O=C(CSc1ncn(-c2ccccc2)n1)N1CCN(S(=O)(=O)Cc2ccccc2)CC1. The third-order valence-electron chi connectivity index (χ3n) is 4.99. The third-order valence-corrected chi connectivity index (χ3v) is 7.68. The van der Waals surface area contributed by atoms with Crippen molar-refractivity contribution >= 4 is 27.7 Å². The molecule has 1 saturated heterocycles. The average molecular weight is 458 g/mol. The molecule has 1 aliphatic rings. The number of sulfonamides is 1. The van der Waals surface area contributed by atoms with Gasteiger partial charge < -0.3 is 4.90 Å². The minimum absolute atomic E-state index is 0.0205. The van der Waals surface area contributed by atoms with E-state index in [0.717, 1.165) is 11.3 Å². The highest BCUT2D eigenvalue weighted by molar-refractivity contribution is 7.99. The molecular weight excluding hydrogens is 434 g/mol. The Morgan fingerprint density at radius 1 is 0.935 bits per heavy atom. The van der Waals surface area contributed by atoms with Gasteiger partial charge in [-0.15, -0.1) is 5.10 Å². The molecule has 31 heavy (non-hydrogen) atoms. The van der Waals surface area contributed by atoms with Crippen LogP contribution in [0.2, 0.25) is 0 Å². The van der Waals surface area contributed by atoms with Crippen molar-refractivity contribution in [2.75, 3.05) is 31.9 Å². The van der Waals surface area contributed by atoms with Crippen LogP contribution in [0.25, 0.3) is 5.69 Å². The Balaban J connectivity index is 1.26. The molecule has 0 spiro atoms. The highest BCUT2D eigenvalue weighted by atomic mass is 32.2. The minimum atomic E-state index is -3.40. The summed E-state index contributed by atoms with van der Waals surface area (Å²) in [4.78, 5) is 18.5. The molecule has 2 aromatic carbocycles. The van der Waals surface area contributed by atoms with Gasteiger partial charge in [-0.3, -0.25) is 4.79 Å². The van der Waals surface area contributed by atoms with Crippen LogP contribution in [-0.2, 0) is 20.6 Å². The van der Waals surface area contributed by atoms with Gasteiger partial charge in [-0.25, -0.2) is 18.1 Å². The van der Waals surface area contributed by atoms with Crippen molar-refractivity contribution in [3.63, 3.8) is 0 Å². The van der Waals surface area contributed by atoms with E-state index in [0.29, 0.717) is 31.3 Å². The van der Waals surface area contributed by atoms with Crippen LogP contribution in [0, 0.1) is 0 Å². The highest BCUT2D eigenvalue weighted by Gasteiger charge is 2.29. The van der Waals surface area contributed by atoms with E-state index in [1.54, 1.807) is 15.9 Å². The van der Waals surface area contributed by atoms with E-state index >= 15 is 0 Å². The second-order valence-corrected chi connectivity index (χ2v) is 10.0. The average Bonchev–Trinajstić information content (AvgIpc) is 3.28. The molecule has 0 saturated carbocycles. The van der Waals surface area contributed by atoms with Gasteiger partial charge in [0, 0.05) is 26.2 Å². The zero-order chi connectivity index (χ0) is 21.7. The van der Waals surface area contributed by atoms with Crippen molar-refractivity contribution in [2.24, 2.45) is 0 Å². The summed E-state index contributed by atoms with van der Waals surface area (Å²) in [6.45, 7) is 1.40. The summed E-state index contributed by atoms with van der Waals surface area (Å²) in [5, 5.41) is 4.92. The fourth-order valence-corrected chi connectivity index (χ4v) is 5.55. The molecule has 0 aliphatic carbocycles. The van der Waals surface area contributed by atoms with E-state index in [1.165, 1.54) is 16.1 Å². The Morgan fingerprint density at radius 3 is 2.26 bits per heavy atom. The van der Waals surface area contributed by atoms with Gasteiger partial charge in [0.25, 0.3) is 0 Å². The maximum atomic E-state index is 12.7. The van der Waals surface area contributed by atoms with Gasteiger partial charge in [0.2, 0.25) is 21.1 Å². The number of carbonyl (C=O) groups excluding carboxylic acids is 1. The van der Waals surface area contributed by atoms with Crippen molar-refractivity contribution in [1.82, 2.24) is 24.0 Å². The van der Waals surface area contributed by atoms with Gasteiger partial charge in [-0.2, -0.15) is 4.31 Å². The van der Waals surface area contributed by atoms with Crippen LogP contribution in [0.15, 0.2) is 72.1 Å². The Kier molecular flexibility index (Phi) is 6.69. The fourth-order valence-electron chi connectivity index (χ4n) is 3.33. The van der Waals surface area contributed by atoms with E-state index in [4.69, 9.17) is 0 Å². The normalized spacial score (nSPS) is 15.2. The molecule has 8 nitrogen and oxygen atoms in total. The Morgan fingerprint density at radius 2 is 1.58 bits per heavy atom. The van der Waals surface area contributed by atoms with Crippen LogP contribution < -0.4 is 0 Å². The number of hydrogen-bond acceptors (Lipinski definition) is 6. The number of thioether (sulfide) groups is 1. The zero-order valence-corrected chi connectivity index (χ0v) is 18.5. The van der Waals surface area contributed by atoms with Gasteiger partial charge in [0.15, 0.2) is 0 Å². The van der Waals surface area contributed by atoms with E-state index in [-0.39, 0.29) is 17.4 Å². The van der Waals surface area contributed by atoms with Gasteiger partial charge >= 0.3 is 0 Å². The largest absolute Gasteiger partial charge is 0.339 e. The maximum absolute atomic E-state index is 12.7. The summed E-state index contributed by atoms with van der Waals surface area (Å²) in [7, 11) is -3.40. The van der Waals surface area contributed by atoms with Crippen LogP contribution in [0.5, 0.6) is 0 Å². The molecule has 1 amide bonds. The summed E-state index contributed by atoms with van der Waals surface area (Å²) >= 11 is 1.28. The van der Waals surface area contributed by atoms with Crippen LogP contribution in [-0.4, -0.2) is 70.2 Å². The predicted octanol–water partition coefficient (Wildman–Crippen LogP) is 2.03. The molecule has 2 heterocycles. The molecule has 0 atom stereocenters. The van der Waals surface area contributed by atoms with Crippen molar-refractivity contribution in [1.29, 1.82) is 0 Å². The van der Waals surface area contributed by atoms with Crippen molar-refractivity contribution in [3.8, 4) is 5.69 Å². The number of aromatic nitrogens is 3. The first-order valence-electron chi connectivity index (χ1n) is 9.91. The van der Waals surface area contributed by atoms with Gasteiger partial charge in [0.1, 0.15) is 6.33 Å². The van der Waals surface area contributed by atoms with E-state index in [2.05, 4.69) is 10.1 Å². The first kappa shape index (κ1) is 21.5. The third kappa shape index (κ3) is 5.52. The smallest absolute Gasteiger partial charge is 0.233 e. The Labute approximate surface area is 185 Å². The molecule has 0 bridgehead atoms. The maximum Gasteiger partial charge on any atom is 0.233 e. The molecule has 10 heteroatoms.